The average Bonchev–Trinajstić information content (AvgIpc) is 3.12. The van der Waals surface area contributed by atoms with E-state index in [1.54, 1.807) is 12.1 Å². The van der Waals surface area contributed by atoms with Crippen LogP contribution in [0.4, 0.5) is 13.2 Å². The van der Waals surface area contributed by atoms with Gasteiger partial charge in [-0.15, -0.1) is 0 Å². The first-order valence-electron chi connectivity index (χ1n) is 6.70. The van der Waals surface area contributed by atoms with Gasteiger partial charge in [-0.25, -0.2) is 0 Å². The summed E-state index contributed by atoms with van der Waals surface area (Å²) in [5.41, 5.74) is 0.271. The van der Waals surface area contributed by atoms with Crippen molar-refractivity contribution in [1.82, 2.24) is 5.32 Å². The minimum Gasteiger partial charge on any atom is -0.314 e. The normalized spacial score (nSPS) is 16.7. The summed E-state index contributed by atoms with van der Waals surface area (Å²) in [5.74, 6) is 0. The molecule has 0 spiro atoms. The van der Waals surface area contributed by atoms with Crippen LogP contribution in [0, 0.1) is 0 Å². The number of hydrogen-bond acceptors (Lipinski definition) is 1. The number of nitrogens with one attached hydrogen (secondary N) is 1. The summed E-state index contributed by atoms with van der Waals surface area (Å²) >= 11 is 0. The minimum absolute atomic E-state index is 0.105. The molecule has 0 heterocycles. The van der Waals surface area contributed by atoms with Gasteiger partial charge in [0.15, 0.2) is 0 Å². The number of alkyl halides is 3. The first-order valence-corrected chi connectivity index (χ1v) is 6.70. The van der Waals surface area contributed by atoms with E-state index in [0.29, 0.717) is 6.04 Å². The van der Waals surface area contributed by atoms with E-state index in [-0.39, 0.29) is 5.41 Å². The zero-order chi connectivity index (χ0) is 14.1. The molecule has 0 amide bonds. The molecular formula is C15H20F3N. The second-order valence-corrected chi connectivity index (χ2v) is 5.94. The molecule has 2 rings (SSSR count). The van der Waals surface area contributed by atoms with E-state index in [9.17, 15) is 13.2 Å². The second kappa shape index (κ2) is 5.16. The molecule has 0 atom stereocenters. The van der Waals surface area contributed by atoms with Crippen molar-refractivity contribution in [2.75, 3.05) is 6.54 Å². The van der Waals surface area contributed by atoms with Crippen molar-refractivity contribution in [1.29, 1.82) is 0 Å². The zero-order valence-corrected chi connectivity index (χ0v) is 11.3. The van der Waals surface area contributed by atoms with Gasteiger partial charge in [-0.2, -0.15) is 13.2 Å². The van der Waals surface area contributed by atoms with Crippen LogP contribution < -0.4 is 5.32 Å². The van der Waals surface area contributed by atoms with Gasteiger partial charge >= 0.3 is 6.18 Å². The van der Waals surface area contributed by atoms with Gasteiger partial charge in [0.05, 0.1) is 5.56 Å². The summed E-state index contributed by atoms with van der Waals surface area (Å²) in [6.07, 6.45) is -0.827. The predicted octanol–water partition coefficient (Wildman–Crippen LogP) is 4.13. The molecule has 1 aromatic carbocycles. The maximum atomic E-state index is 12.5. The van der Waals surface area contributed by atoms with Crippen molar-refractivity contribution >= 4 is 0 Å². The maximum Gasteiger partial charge on any atom is 0.416 e. The van der Waals surface area contributed by atoms with Crippen molar-refractivity contribution in [3.8, 4) is 0 Å². The number of benzene rings is 1. The molecule has 1 aliphatic rings. The molecule has 19 heavy (non-hydrogen) atoms. The van der Waals surface area contributed by atoms with Crippen molar-refractivity contribution in [2.24, 2.45) is 0 Å². The van der Waals surface area contributed by atoms with Crippen LogP contribution in [0.25, 0.3) is 0 Å². The van der Waals surface area contributed by atoms with Gasteiger partial charge in [-0.1, -0.05) is 26.0 Å². The van der Waals surface area contributed by atoms with E-state index in [2.05, 4.69) is 19.2 Å². The fourth-order valence-electron chi connectivity index (χ4n) is 2.13. The van der Waals surface area contributed by atoms with Crippen LogP contribution in [-0.2, 0) is 11.6 Å². The van der Waals surface area contributed by atoms with Crippen molar-refractivity contribution in [3.63, 3.8) is 0 Å². The molecule has 1 fully saturated rings. The highest BCUT2D eigenvalue weighted by atomic mass is 19.4. The minimum atomic E-state index is -4.25. The van der Waals surface area contributed by atoms with Gasteiger partial charge in [0, 0.05) is 6.04 Å². The van der Waals surface area contributed by atoms with E-state index in [4.69, 9.17) is 0 Å². The SMILES string of the molecule is CC(C)(CCNC1CC1)c1ccc(C(F)(F)F)cc1. The van der Waals surface area contributed by atoms with Gasteiger partial charge < -0.3 is 5.32 Å². The highest BCUT2D eigenvalue weighted by Gasteiger charge is 2.31. The van der Waals surface area contributed by atoms with E-state index in [1.165, 1.54) is 25.0 Å². The van der Waals surface area contributed by atoms with Gasteiger partial charge in [-0.05, 0) is 48.9 Å². The maximum absolute atomic E-state index is 12.5. The Morgan fingerprint density at radius 1 is 1.05 bits per heavy atom. The lowest BCUT2D eigenvalue weighted by Crippen LogP contribution is -2.26. The first-order chi connectivity index (χ1) is 8.79. The number of hydrogen-bond donors (Lipinski definition) is 1. The molecule has 1 aliphatic carbocycles. The Morgan fingerprint density at radius 2 is 1.58 bits per heavy atom. The van der Waals surface area contributed by atoms with Gasteiger partial charge in [0.1, 0.15) is 0 Å². The van der Waals surface area contributed by atoms with Crippen molar-refractivity contribution < 1.29 is 13.2 Å². The van der Waals surface area contributed by atoms with Gasteiger partial charge in [-0.3, -0.25) is 0 Å². The zero-order valence-electron chi connectivity index (χ0n) is 11.3. The van der Waals surface area contributed by atoms with Crippen molar-refractivity contribution in [3.05, 3.63) is 35.4 Å². The van der Waals surface area contributed by atoms with Crippen LogP contribution in [-0.4, -0.2) is 12.6 Å². The molecule has 0 aromatic heterocycles. The molecule has 1 saturated carbocycles. The predicted molar refractivity (Wildman–Crippen MR) is 70.1 cm³/mol. The van der Waals surface area contributed by atoms with Crippen LogP contribution in [0.5, 0.6) is 0 Å². The van der Waals surface area contributed by atoms with Crippen molar-refractivity contribution in [2.45, 2.75) is 50.7 Å². The van der Waals surface area contributed by atoms with Crippen LogP contribution in [0.3, 0.4) is 0 Å². The second-order valence-electron chi connectivity index (χ2n) is 5.94. The Hall–Kier alpha value is -1.03. The topological polar surface area (TPSA) is 12.0 Å². The fourth-order valence-corrected chi connectivity index (χ4v) is 2.13. The molecule has 1 aromatic rings. The summed E-state index contributed by atoms with van der Waals surface area (Å²) < 4.78 is 37.5. The van der Waals surface area contributed by atoms with Crippen LogP contribution in [0.2, 0.25) is 0 Å². The highest BCUT2D eigenvalue weighted by Crippen LogP contribution is 2.32. The average molecular weight is 271 g/mol. The lowest BCUT2D eigenvalue weighted by Gasteiger charge is -2.26. The number of rotatable bonds is 5. The Bertz CT molecular complexity index is 416. The van der Waals surface area contributed by atoms with E-state index in [0.717, 1.165) is 18.5 Å². The van der Waals surface area contributed by atoms with Crippen LogP contribution >= 0.6 is 0 Å². The van der Waals surface area contributed by atoms with E-state index in [1.807, 2.05) is 0 Å². The summed E-state index contributed by atoms with van der Waals surface area (Å²) in [7, 11) is 0. The molecule has 0 radical (unpaired) electrons. The lowest BCUT2D eigenvalue weighted by molar-refractivity contribution is -0.137. The quantitative estimate of drug-likeness (QED) is 0.849. The third-order valence-electron chi connectivity index (χ3n) is 3.75. The molecule has 0 saturated heterocycles. The summed E-state index contributed by atoms with van der Waals surface area (Å²) in [6.45, 7) is 5.06. The monoisotopic (exact) mass is 271 g/mol. The van der Waals surface area contributed by atoms with Gasteiger partial charge in [0.2, 0.25) is 0 Å². The van der Waals surface area contributed by atoms with E-state index >= 15 is 0 Å². The molecular weight excluding hydrogens is 251 g/mol. The Balaban J connectivity index is 1.98. The third kappa shape index (κ3) is 3.96. The van der Waals surface area contributed by atoms with Crippen LogP contribution in [0.1, 0.15) is 44.2 Å². The largest absolute Gasteiger partial charge is 0.416 e. The summed E-state index contributed by atoms with van der Waals surface area (Å²) in [6, 6.07) is 6.21. The van der Waals surface area contributed by atoms with Crippen LogP contribution in [0.15, 0.2) is 24.3 Å². The Kier molecular flexibility index (Phi) is 3.90. The first kappa shape index (κ1) is 14.4. The standard InChI is InChI=1S/C15H20F3N/c1-14(2,9-10-19-13-7-8-13)11-3-5-12(6-4-11)15(16,17)18/h3-6,13,19H,7-10H2,1-2H3. The van der Waals surface area contributed by atoms with E-state index < -0.39 is 11.7 Å². The Morgan fingerprint density at radius 3 is 2.05 bits per heavy atom. The molecule has 4 heteroatoms. The van der Waals surface area contributed by atoms with Gasteiger partial charge in [0.25, 0.3) is 0 Å². The molecule has 1 nitrogen and oxygen atoms in total. The summed E-state index contributed by atoms with van der Waals surface area (Å²) in [5, 5.41) is 3.44. The number of halogens is 3. The fraction of sp³-hybridized carbons (Fsp3) is 0.600. The summed E-state index contributed by atoms with van der Waals surface area (Å²) in [4.78, 5) is 0. The molecule has 1 N–H and O–H groups in total. The molecule has 0 unspecified atom stereocenters. The molecule has 106 valence electrons. The highest BCUT2D eigenvalue weighted by molar-refractivity contribution is 5.29. The molecule has 0 bridgehead atoms. The third-order valence-corrected chi connectivity index (χ3v) is 3.75. The Labute approximate surface area is 112 Å². The molecule has 0 aliphatic heterocycles. The lowest BCUT2D eigenvalue weighted by atomic mass is 9.81. The smallest absolute Gasteiger partial charge is 0.314 e.